The number of nitrogens with one attached hydrogen (secondary N) is 2. The number of carboxylic acid groups (broad SMARTS) is 1. The van der Waals surface area contributed by atoms with Gasteiger partial charge in [0.25, 0.3) is 0 Å². The molecule has 7 heteroatoms. The van der Waals surface area contributed by atoms with E-state index in [9.17, 15) is 19.5 Å². The number of rotatable bonds is 10. The van der Waals surface area contributed by atoms with Crippen molar-refractivity contribution in [2.45, 2.75) is 57.6 Å². The molecule has 3 N–H and O–H groups in total. The minimum Gasteiger partial charge on any atom is -0.480 e. The Bertz CT molecular complexity index is 614. The van der Waals surface area contributed by atoms with Gasteiger partial charge in [0, 0.05) is 12.5 Å². The molecule has 0 radical (unpaired) electrons. The maximum atomic E-state index is 12.1. The van der Waals surface area contributed by atoms with Crippen molar-refractivity contribution in [3.8, 4) is 0 Å². The lowest BCUT2D eigenvalue weighted by molar-refractivity contribution is -0.142. The number of aliphatic carboxylic acids is 1. The zero-order valence-electron chi connectivity index (χ0n) is 15.5. The van der Waals surface area contributed by atoms with E-state index in [0.29, 0.717) is 25.8 Å². The molecule has 2 amide bonds. The topological polar surface area (TPSA) is 105 Å². The molecule has 1 aliphatic rings. The van der Waals surface area contributed by atoms with E-state index in [4.69, 9.17) is 4.74 Å². The first-order valence-electron chi connectivity index (χ1n) is 9.54. The van der Waals surface area contributed by atoms with Gasteiger partial charge in [-0.3, -0.25) is 4.79 Å². The summed E-state index contributed by atoms with van der Waals surface area (Å²) >= 11 is 0. The van der Waals surface area contributed by atoms with Crippen molar-refractivity contribution in [3.05, 3.63) is 35.9 Å². The van der Waals surface area contributed by atoms with Crippen LogP contribution in [0.5, 0.6) is 0 Å². The Morgan fingerprint density at radius 3 is 2.48 bits per heavy atom. The van der Waals surface area contributed by atoms with Crippen LogP contribution in [0.25, 0.3) is 0 Å². The number of ether oxygens (including phenoxy) is 1. The van der Waals surface area contributed by atoms with Gasteiger partial charge < -0.3 is 20.5 Å². The lowest BCUT2D eigenvalue weighted by Crippen LogP contribution is -2.43. The zero-order chi connectivity index (χ0) is 19.5. The third-order valence-electron chi connectivity index (χ3n) is 4.74. The molecule has 148 valence electrons. The summed E-state index contributed by atoms with van der Waals surface area (Å²) in [6.45, 7) is 0.609. The average Bonchev–Trinajstić information content (AvgIpc) is 3.20. The number of amides is 2. The third kappa shape index (κ3) is 7.68. The molecule has 1 aromatic carbocycles. The van der Waals surface area contributed by atoms with Crippen molar-refractivity contribution in [1.29, 1.82) is 0 Å². The summed E-state index contributed by atoms with van der Waals surface area (Å²) in [6.07, 6.45) is 4.78. The number of carboxylic acids is 1. The Kier molecular flexibility index (Phi) is 8.61. The first-order chi connectivity index (χ1) is 13.1. The van der Waals surface area contributed by atoms with Crippen LogP contribution in [0.2, 0.25) is 0 Å². The van der Waals surface area contributed by atoms with Crippen LogP contribution in [0, 0.1) is 5.92 Å². The van der Waals surface area contributed by atoms with Crippen molar-refractivity contribution in [3.63, 3.8) is 0 Å². The number of benzene rings is 1. The number of carbonyl (C=O) groups is 3. The molecule has 27 heavy (non-hydrogen) atoms. The molecular weight excluding hydrogens is 348 g/mol. The summed E-state index contributed by atoms with van der Waals surface area (Å²) in [5.41, 5.74) is 0.912. The van der Waals surface area contributed by atoms with Crippen LogP contribution in [-0.2, 0) is 20.9 Å². The van der Waals surface area contributed by atoms with Crippen molar-refractivity contribution in [2.24, 2.45) is 5.92 Å². The third-order valence-corrected chi connectivity index (χ3v) is 4.74. The lowest BCUT2D eigenvalue weighted by Gasteiger charge is -2.17. The summed E-state index contributed by atoms with van der Waals surface area (Å²) in [4.78, 5) is 35.0. The van der Waals surface area contributed by atoms with Gasteiger partial charge in [-0.1, -0.05) is 43.2 Å². The molecule has 1 atom stereocenters. The SMILES string of the molecule is O=C(NCCCC[C@H](NC(=O)C1CCCC1)C(=O)O)OCc1ccccc1. The summed E-state index contributed by atoms with van der Waals surface area (Å²) in [7, 11) is 0. The highest BCUT2D eigenvalue weighted by Gasteiger charge is 2.27. The summed E-state index contributed by atoms with van der Waals surface area (Å²) in [5.74, 6) is -1.22. The fraction of sp³-hybridized carbons (Fsp3) is 0.550. The van der Waals surface area contributed by atoms with Gasteiger partial charge in [0.1, 0.15) is 12.6 Å². The fourth-order valence-electron chi connectivity index (χ4n) is 3.17. The van der Waals surface area contributed by atoms with Gasteiger partial charge in [0.15, 0.2) is 0 Å². The Hall–Kier alpha value is -2.57. The first kappa shape index (κ1) is 20.7. The Morgan fingerprint density at radius 1 is 1.11 bits per heavy atom. The molecule has 0 unspecified atom stereocenters. The molecule has 0 heterocycles. The largest absolute Gasteiger partial charge is 0.480 e. The standard InChI is InChI=1S/C20H28N2O5/c23-18(16-10-4-5-11-16)22-17(19(24)25)12-6-7-13-21-20(26)27-14-15-8-2-1-3-9-15/h1-3,8-9,16-17H,4-7,10-14H2,(H,21,26)(H,22,23)(H,24,25)/t17-/m0/s1. The minimum atomic E-state index is -1.02. The molecular formula is C20H28N2O5. The second-order valence-corrected chi connectivity index (χ2v) is 6.87. The van der Waals surface area contributed by atoms with E-state index < -0.39 is 18.1 Å². The lowest BCUT2D eigenvalue weighted by atomic mass is 10.1. The van der Waals surface area contributed by atoms with Crippen LogP contribution in [0.1, 0.15) is 50.5 Å². The molecule has 1 saturated carbocycles. The van der Waals surface area contributed by atoms with Crippen LogP contribution < -0.4 is 10.6 Å². The molecule has 1 fully saturated rings. The molecule has 0 saturated heterocycles. The second-order valence-electron chi connectivity index (χ2n) is 6.87. The summed E-state index contributed by atoms with van der Waals surface area (Å²) in [6, 6.07) is 8.52. The van der Waals surface area contributed by atoms with Gasteiger partial charge in [-0.05, 0) is 37.7 Å². The van der Waals surface area contributed by atoms with Crippen LogP contribution in [0.4, 0.5) is 4.79 Å². The fourth-order valence-corrected chi connectivity index (χ4v) is 3.17. The van der Waals surface area contributed by atoms with E-state index in [-0.39, 0.29) is 18.4 Å². The maximum Gasteiger partial charge on any atom is 0.407 e. The van der Waals surface area contributed by atoms with E-state index >= 15 is 0 Å². The normalized spacial score (nSPS) is 15.1. The van der Waals surface area contributed by atoms with Crippen LogP contribution in [-0.4, -0.2) is 35.7 Å². The highest BCUT2D eigenvalue weighted by molar-refractivity contribution is 5.85. The molecule has 7 nitrogen and oxygen atoms in total. The zero-order valence-corrected chi connectivity index (χ0v) is 15.5. The Morgan fingerprint density at radius 2 is 1.81 bits per heavy atom. The van der Waals surface area contributed by atoms with Crippen molar-refractivity contribution in [1.82, 2.24) is 10.6 Å². The number of unbranched alkanes of at least 4 members (excludes halogenated alkanes) is 1. The Labute approximate surface area is 159 Å². The van der Waals surface area contributed by atoms with Gasteiger partial charge in [-0.2, -0.15) is 0 Å². The Balaban J connectivity index is 1.58. The smallest absolute Gasteiger partial charge is 0.407 e. The van der Waals surface area contributed by atoms with Crippen LogP contribution in [0.15, 0.2) is 30.3 Å². The van der Waals surface area contributed by atoms with Crippen molar-refractivity contribution >= 4 is 18.0 Å². The van der Waals surface area contributed by atoms with Gasteiger partial charge >= 0.3 is 12.1 Å². The van der Waals surface area contributed by atoms with E-state index in [1.54, 1.807) is 0 Å². The average molecular weight is 376 g/mol. The first-order valence-corrected chi connectivity index (χ1v) is 9.54. The summed E-state index contributed by atoms with van der Waals surface area (Å²) < 4.78 is 5.10. The monoisotopic (exact) mass is 376 g/mol. The van der Waals surface area contributed by atoms with Crippen LogP contribution >= 0.6 is 0 Å². The predicted octanol–water partition coefficient (Wildman–Crippen LogP) is 2.84. The molecule has 0 aliphatic heterocycles. The highest BCUT2D eigenvalue weighted by Crippen LogP contribution is 2.24. The van der Waals surface area contributed by atoms with Crippen LogP contribution in [0.3, 0.4) is 0 Å². The minimum absolute atomic E-state index is 0.0482. The van der Waals surface area contributed by atoms with Gasteiger partial charge in [0.2, 0.25) is 5.91 Å². The molecule has 2 rings (SSSR count). The van der Waals surface area contributed by atoms with Gasteiger partial charge in [-0.25, -0.2) is 9.59 Å². The molecule has 1 aromatic rings. The maximum absolute atomic E-state index is 12.1. The summed E-state index contributed by atoms with van der Waals surface area (Å²) in [5, 5.41) is 14.6. The number of hydrogen-bond donors (Lipinski definition) is 3. The second kappa shape index (κ2) is 11.2. The molecule has 0 aromatic heterocycles. The number of hydrogen-bond acceptors (Lipinski definition) is 4. The predicted molar refractivity (Wildman–Crippen MR) is 100 cm³/mol. The molecule has 1 aliphatic carbocycles. The van der Waals surface area contributed by atoms with E-state index in [1.165, 1.54) is 0 Å². The molecule has 0 spiro atoms. The molecule has 0 bridgehead atoms. The van der Waals surface area contributed by atoms with Gasteiger partial charge in [0.05, 0.1) is 0 Å². The quantitative estimate of drug-likeness (QED) is 0.545. The number of carbonyl (C=O) groups excluding carboxylic acids is 2. The van der Waals surface area contributed by atoms with Crippen molar-refractivity contribution < 1.29 is 24.2 Å². The highest BCUT2D eigenvalue weighted by atomic mass is 16.5. The van der Waals surface area contributed by atoms with E-state index in [2.05, 4.69) is 10.6 Å². The van der Waals surface area contributed by atoms with Crippen molar-refractivity contribution in [2.75, 3.05) is 6.54 Å². The van der Waals surface area contributed by atoms with E-state index in [1.807, 2.05) is 30.3 Å². The van der Waals surface area contributed by atoms with E-state index in [0.717, 1.165) is 31.2 Å². The number of alkyl carbamates (subject to hydrolysis) is 1. The van der Waals surface area contributed by atoms with Gasteiger partial charge in [-0.15, -0.1) is 0 Å².